The quantitative estimate of drug-likeness (QED) is 0.924. The molecule has 0 aliphatic rings. The van der Waals surface area contributed by atoms with Crippen LogP contribution in [-0.2, 0) is 6.54 Å². The molecule has 0 amide bonds. The van der Waals surface area contributed by atoms with Gasteiger partial charge < -0.3 is 14.4 Å². The minimum absolute atomic E-state index is 0.0287. The fourth-order valence-corrected chi connectivity index (χ4v) is 1.88. The molecule has 0 fully saturated rings. The minimum atomic E-state index is -1.30. The van der Waals surface area contributed by atoms with Gasteiger partial charge in [0.1, 0.15) is 17.1 Å². The summed E-state index contributed by atoms with van der Waals surface area (Å²) in [4.78, 5) is 22.9. The van der Waals surface area contributed by atoms with Crippen molar-refractivity contribution in [2.45, 2.75) is 6.54 Å². The third-order valence-electron chi connectivity index (χ3n) is 2.83. The Morgan fingerprint density at radius 1 is 1.40 bits per heavy atom. The number of aromatic carboxylic acids is 1. The van der Waals surface area contributed by atoms with Gasteiger partial charge in [-0.05, 0) is 30.3 Å². The molecule has 104 valence electrons. The van der Waals surface area contributed by atoms with Crippen molar-refractivity contribution in [2.24, 2.45) is 0 Å². The molecular formula is C14H12FNO4. The Morgan fingerprint density at radius 3 is 2.80 bits per heavy atom. The first-order valence-electron chi connectivity index (χ1n) is 5.78. The van der Waals surface area contributed by atoms with Crippen LogP contribution in [-0.4, -0.2) is 22.8 Å². The highest BCUT2D eigenvalue weighted by atomic mass is 19.1. The maximum atomic E-state index is 13.3. The van der Waals surface area contributed by atoms with Gasteiger partial charge in [0, 0.05) is 11.8 Å². The van der Waals surface area contributed by atoms with E-state index < -0.39 is 17.3 Å². The molecule has 0 unspecified atom stereocenters. The van der Waals surface area contributed by atoms with E-state index in [0.717, 1.165) is 0 Å². The average molecular weight is 277 g/mol. The molecule has 0 atom stereocenters. The number of pyridine rings is 1. The average Bonchev–Trinajstić information content (AvgIpc) is 2.41. The molecule has 1 aromatic carbocycles. The lowest BCUT2D eigenvalue weighted by atomic mass is 10.2. The highest BCUT2D eigenvalue weighted by Gasteiger charge is 2.12. The van der Waals surface area contributed by atoms with Crippen molar-refractivity contribution in [2.75, 3.05) is 7.11 Å². The minimum Gasteiger partial charge on any atom is -0.496 e. The summed E-state index contributed by atoms with van der Waals surface area (Å²) < 4.78 is 19.5. The van der Waals surface area contributed by atoms with Crippen LogP contribution in [0.15, 0.2) is 41.3 Å². The second-order valence-electron chi connectivity index (χ2n) is 4.12. The van der Waals surface area contributed by atoms with E-state index in [4.69, 9.17) is 9.84 Å². The second-order valence-corrected chi connectivity index (χ2v) is 4.12. The number of hydrogen-bond donors (Lipinski definition) is 1. The van der Waals surface area contributed by atoms with Crippen LogP contribution in [0.1, 0.15) is 15.9 Å². The van der Waals surface area contributed by atoms with E-state index in [2.05, 4.69) is 0 Å². The number of aromatic nitrogens is 1. The Hall–Kier alpha value is -2.63. The summed E-state index contributed by atoms with van der Waals surface area (Å²) in [5, 5.41) is 8.90. The monoisotopic (exact) mass is 277 g/mol. The predicted octanol–water partition coefficient (Wildman–Crippen LogP) is 1.74. The normalized spacial score (nSPS) is 10.3. The zero-order valence-electron chi connectivity index (χ0n) is 10.7. The van der Waals surface area contributed by atoms with Gasteiger partial charge in [0.05, 0.1) is 13.7 Å². The molecule has 0 saturated carbocycles. The summed E-state index contributed by atoms with van der Waals surface area (Å²) in [6, 6.07) is 6.63. The van der Waals surface area contributed by atoms with Crippen LogP contribution < -0.4 is 10.3 Å². The van der Waals surface area contributed by atoms with E-state index in [1.165, 1.54) is 48.2 Å². The van der Waals surface area contributed by atoms with Gasteiger partial charge in [0.25, 0.3) is 5.56 Å². The van der Waals surface area contributed by atoms with Crippen molar-refractivity contribution in [3.05, 3.63) is 63.8 Å². The topological polar surface area (TPSA) is 68.5 Å². The first-order chi connectivity index (χ1) is 9.52. The van der Waals surface area contributed by atoms with E-state index in [1.807, 2.05) is 0 Å². The number of carbonyl (C=O) groups is 1. The van der Waals surface area contributed by atoms with E-state index >= 15 is 0 Å². The molecular weight excluding hydrogens is 265 g/mol. The largest absolute Gasteiger partial charge is 0.496 e. The van der Waals surface area contributed by atoms with E-state index in [-0.39, 0.29) is 12.1 Å². The van der Waals surface area contributed by atoms with Crippen LogP contribution in [0.3, 0.4) is 0 Å². The molecule has 0 bridgehead atoms. The van der Waals surface area contributed by atoms with Crippen LogP contribution in [0.5, 0.6) is 5.75 Å². The van der Waals surface area contributed by atoms with Crippen LogP contribution in [0, 0.1) is 5.82 Å². The standard InChI is InChI=1S/C14H12FNO4/c1-20-12-5-4-10(15)7-9(12)8-16-6-2-3-11(13(16)17)14(18)19/h2-7H,8H2,1H3,(H,18,19). The summed E-state index contributed by atoms with van der Waals surface area (Å²) in [5.74, 6) is -1.32. The first-order valence-corrected chi connectivity index (χ1v) is 5.78. The Morgan fingerprint density at radius 2 is 2.15 bits per heavy atom. The van der Waals surface area contributed by atoms with Crippen LogP contribution in [0.2, 0.25) is 0 Å². The molecule has 2 rings (SSSR count). The lowest BCUT2D eigenvalue weighted by Gasteiger charge is -2.11. The van der Waals surface area contributed by atoms with Gasteiger partial charge in [-0.15, -0.1) is 0 Å². The first kappa shape index (κ1) is 13.8. The third-order valence-corrected chi connectivity index (χ3v) is 2.83. The molecule has 1 aromatic heterocycles. The number of benzene rings is 1. The highest BCUT2D eigenvalue weighted by Crippen LogP contribution is 2.19. The summed E-state index contributed by atoms with van der Waals surface area (Å²) in [6.07, 6.45) is 1.44. The summed E-state index contributed by atoms with van der Waals surface area (Å²) in [6.45, 7) is 0.0287. The van der Waals surface area contributed by atoms with Gasteiger partial charge in [-0.2, -0.15) is 0 Å². The number of carboxylic acid groups (broad SMARTS) is 1. The van der Waals surface area contributed by atoms with Crippen LogP contribution >= 0.6 is 0 Å². The zero-order valence-corrected chi connectivity index (χ0v) is 10.7. The number of hydrogen-bond acceptors (Lipinski definition) is 3. The maximum Gasteiger partial charge on any atom is 0.341 e. The molecule has 20 heavy (non-hydrogen) atoms. The van der Waals surface area contributed by atoms with E-state index in [9.17, 15) is 14.0 Å². The molecule has 1 heterocycles. The maximum absolute atomic E-state index is 13.3. The van der Waals surface area contributed by atoms with Gasteiger partial charge in [-0.1, -0.05) is 0 Å². The van der Waals surface area contributed by atoms with Crippen molar-refractivity contribution in [3.8, 4) is 5.75 Å². The van der Waals surface area contributed by atoms with Gasteiger partial charge in [0.15, 0.2) is 0 Å². The smallest absolute Gasteiger partial charge is 0.341 e. The van der Waals surface area contributed by atoms with E-state index in [0.29, 0.717) is 11.3 Å². The van der Waals surface area contributed by atoms with Gasteiger partial charge in [-0.25, -0.2) is 9.18 Å². The lowest BCUT2D eigenvalue weighted by molar-refractivity contribution is 0.0694. The molecule has 0 aliphatic heterocycles. The van der Waals surface area contributed by atoms with Crippen LogP contribution in [0.25, 0.3) is 0 Å². The number of ether oxygens (including phenoxy) is 1. The highest BCUT2D eigenvalue weighted by molar-refractivity contribution is 5.86. The molecule has 0 aliphatic carbocycles. The molecule has 2 aromatic rings. The molecule has 1 N–H and O–H groups in total. The van der Waals surface area contributed by atoms with Crippen molar-refractivity contribution >= 4 is 5.97 Å². The number of carboxylic acids is 1. The molecule has 0 spiro atoms. The molecule has 0 saturated heterocycles. The number of nitrogens with zero attached hydrogens (tertiary/aromatic N) is 1. The number of halogens is 1. The third kappa shape index (κ3) is 2.69. The lowest BCUT2D eigenvalue weighted by Crippen LogP contribution is -2.26. The van der Waals surface area contributed by atoms with Crippen molar-refractivity contribution in [1.29, 1.82) is 0 Å². The summed E-state index contributed by atoms with van der Waals surface area (Å²) >= 11 is 0. The Kier molecular flexibility index (Phi) is 3.84. The van der Waals surface area contributed by atoms with Gasteiger partial charge >= 0.3 is 5.97 Å². The van der Waals surface area contributed by atoms with Crippen LogP contribution in [0.4, 0.5) is 4.39 Å². The zero-order chi connectivity index (χ0) is 14.7. The number of rotatable bonds is 4. The Balaban J connectivity index is 2.45. The molecule has 5 nitrogen and oxygen atoms in total. The fourth-order valence-electron chi connectivity index (χ4n) is 1.88. The van der Waals surface area contributed by atoms with Crippen molar-refractivity contribution in [3.63, 3.8) is 0 Å². The molecule has 6 heteroatoms. The number of methoxy groups -OCH3 is 1. The summed E-state index contributed by atoms with van der Waals surface area (Å²) in [7, 11) is 1.44. The summed E-state index contributed by atoms with van der Waals surface area (Å²) in [5.41, 5.74) is -0.522. The predicted molar refractivity (Wildman–Crippen MR) is 69.7 cm³/mol. The molecule has 0 radical (unpaired) electrons. The Labute approximate surface area is 113 Å². The van der Waals surface area contributed by atoms with Gasteiger partial charge in [0.2, 0.25) is 0 Å². The van der Waals surface area contributed by atoms with Gasteiger partial charge in [-0.3, -0.25) is 4.79 Å². The second kappa shape index (κ2) is 5.56. The van der Waals surface area contributed by atoms with E-state index in [1.54, 1.807) is 0 Å². The Bertz CT molecular complexity index is 709. The van der Waals surface area contributed by atoms with Crippen molar-refractivity contribution < 1.29 is 19.0 Å². The fraction of sp³-hybridized carbons (Fsp3) is 0.143. The SMILES string of the molecule is COc1ccc(F)cc1Cn1cccc(C(=O)O)c1=O. The van der Waals surface area contributed by atoms with Crippen molar-refractivity contribution in [1.82, 2.24) is 4.57 Å².